The first-order valence-electron chi connectivity index (χ1n) is 5.35. The fourth-order valence-corrected chi connectivity index (χ4v) is 1.27. The SMILES string of the molecule is CNC(=O)CCOc1ccc(C(C)O)cc1F. The lowest BCUT2D eigenvalue weighted by Crippen LogP contribution is -2.20. The molecule has 1 aromatic rings. The Hall–Kier alpha value is -1.62. The largest absolute Gasteiger partial charge is 0.490 e. The fourth-order valence-electron chi connectivity index (χ4n) is 1.27. The summed E-state index contributed by atoms with van der Waals surface area (Å²) in [5.74, 6) is -0.621. The van der Waals surface area contributed by atoms with E-state index >= 15 is 0 Å². The predicted octanol–water partition coefficient (Wildman–Crippen LogP) is 1.39. The van der Waals surface area contributed by atoms with E-state index in [4.69, 9.17) is 4.74 Å². The summed E-state index contributed by atoms with van der Waals surface area (Å²) in [5.41, 5.74) is 0.487. The van der Waals surface area contributed by atoms with Crippen LogP contribution in [0.25, 0.3) is 0 Å². The molecule has 1 aromatic carbocycles. The highest BCUT2D eigenvalue weighted by atomic mass is 19.1. The first-order valence-corrected chi connectivity index (χ1v) is 5.35. The van der Waals surface area contributed by atoms with E-state index in [1.165, 1.54) is 19.2 Å². The minimum absolute atomic E-state index is 0.0818. The van der Waals surface area contributed by atoms with Crippen LogP contribution in [0, 0.1) is 5.82 Å². The van der Waals surface area contributed by atoms with Gasteiger partial charge < -0.3 is 15.2 Å². The van der Waals surface area contributed by atoms with Gasteiger partial charge in [0.05, 0.1) is 19.1 Å². The first kappa shape index (κ1) is 13.4. The Labute approximate surface area is 99.4 Å². The van der Waals surface area contributed by atoms with E-state index < -0.39 is 11.9 Å². The number of rotatable bonds is 5. The maximum absolute atomic E-state index is 13.5. The molecule has 0 aliphatic rings. The van der Waals surface area contributed by atoms with Crippen molar-refractivity contribution < 1.29 is 19.0 Å². The Kier molecular flexibility index (Phi) is 4.90. The molecule has 0 bridgehead atoms. The molecule has 0 aromatic heterocycles. The van der Waals surface area contributed by atoms with Gasteiger partial charge in [-0.05, 0) is 24.6 Å². The van der Waals surface area contributed by atoms with E-state index in [2.05, 4.69) is 5.32 Å². The van der Waals surface area contributed by atoms with Crippen LogP contribution in [0.5, 0.6) is 5.75 Å². The van der Waals surface area contributed by atoms with Crippen LogP contribution in [0.1, 0.15) is 25.0 Å². The van der Waals surface area contributed by atoms with Crippen LogP contribution in [0.15, 0.2) is 18.2 Å². The van der Waals surface area contributed by atoms with Crippen LogP contribution < -0.4 is 10.1 Å². The second kappa shape index (κ2) is 6.20. The molecule has 1 atom stereocenters. The van der Waals surface area contributed by atoms with Crippen molar-refractivity contribution in [2.75, 3.05) is 13.7 Å². The summed E-state index contributed by atoms with van der Waals surface area (Å²) in [7, 11) is 1.53. The molecule has 17 heavy (non-hydrogen) atoms. The van der Waals surface area contributed by atoms with E-state index in [9.17, 15) is 14.3 Å². The van der Waals surface area contributed by atoms with Crippen molar-refractivity contribution in [2.24, 2.45) is 0 Å². The van der Waals surface area contributed by atoms with E-state index in [-0.39, 0.29) is 24.7 Å². The number of aliphatic hydroxyl groups excluding tert-OH is 1. The van der Waals surface area contributed by atoms with Crippen molar-refractivity contribution in [3.63, 3.8) is 0 Å². The number of ether oxygens (including phenoxy) is 1. The molecular weight excluding hydrogens is 225 g/mol. The zero-order valence-electron chi connectivity index (χ0n) is 9.87. The highest BCUT2D eigenvalue weighted by Crippen LogP contribution is 2.21. The number of carbonyl (C=O) groups excluding carboxylic acids is 1. The Bertz CT molecular complexity index is 393. The second-order valence-electron chi connectivity index (χ2n) is 3.64. The maximum atomic E-state index is 13.5. The Morgan fingerprint density at radius 3 is 2.82 bits per heavy atom. The minimum atomic E-state index is -0.718. The molecular formula is C12H16FNO3. The van der Waals surface area contributed by atoms with Crippen LogP contribution in [0.2, 0.25) is 0 Å². The van der Waals surface area contributed by atoms with E-state index in [0.29, 0.717) is 5.56 Å². The number of halogens is 1. The van der Waals surface area contributed by atoms with Gasteiger partial charge in [0.1, 0.15) is 0 Å². The lowest BCUT2D eigenvalue weighted by molar-refractivity contribution is -0.121. The second-order valence-corrected chi connectivity index (χ2v) is 3.64. The third-order valence-corrected chi connectivity index (χ3v) is 2.30. The van der Waals surface area contributed by atoms with Crippen LogP contribution in [0.3, 0.4) is 0 Å². The van der Waals surface area contributed by atoms with Gasteiger partial charge in [-0.25, -0.2) is 4.39 Å². The van der Waals surface area contributed by atoms with Gasteiger partial charge >= 0.3 is 0 Å². The monoisotopic (exact) mass is 241 g/mol. The fraction of sp³-hybridized carbons (Fsp3) is 0.417. The van der Waals surface area contributed by atoms with Gasteiger partial charge in [0.25, 0.3) is 0 Å². The van der Waals surface area contributed by atoms with Gasteiger partial charge in [0, 0.05) is 7.05 Å². The molecule has 0 aliphatic heterocycles. The zero-order valence-corrected chi connectivity index (χ0v) is 9.87. The number of benzene rings is 1. The molecule has 0 spiro atoms. The van der Waals surface area contributed by atoms with Crippen molar-refractivity contribution in [1.82, 2.24) is 5.32 Å². The summed E-state index contributed by atoms with van der Waals surface area (Å²) in [4.78, 5) is 10.9. The quantitative estimate of drug-likeness (QED) is 0.819. The van der Waals surface area contributed by atoms with Crippen molar-refractivity contribution in [3.8, 4) is 5.75 Å². The smallest absolute Gasteiger partial charge is 0.223 e. The molecule has 1 unspecified atom stereocenters. The molecule has 2 N–H and O–H groups in total. The van der Waals surface area contributed by atoms with E-state index in [1.807, 2.05) is 0 Å². The predicted molar refractivity (Wildman–Crippen MR) is 61.2 cm³/mol. The molecule has 4 nitrogen and oxygen atoms in total. The van der Waals surface area contributed by atoms with Crippen LogP contribution >= 0.6 is 0 Å². The lowest BCUT2D eigenvalue weighted by Gasteiger charge is -2.09. The van der Waals surface area contributed by atoms with E-state index in [0.717, 1.165) is 0 Å². The van der Waals surface area contributed by atoms with Gasteiger partial charge in [-0.1, -0.05) is 6.07 Å². The van der Waals surface area contributed by atoms with Gasteiger partial charge in [0.15, 0.2) is 11.6 Å². The van der Waals surface area contributed by atoms with Gasteiger partial charge in [-0.3, -0.25) is 4.79 Å². The van der Waals surface area contributed by atoms with Crippen LogP contribution in [0.4, 0.5) is 4.39 Å². The third kappa shape index (κ3) is 4.03. The zero-order chi connectivity index (χ0) is 12.8. The van der Waals surface area contributed by atoms with E-state index in [1.54, 1.807) is 13.0 Å². The third-order valence-electron chi connectivity index (χ3n) is 2.30. The Morgan fingerprint density at radius 1 is 1.59 bits per heavy atom. The van der Waals surface area contributed by atoms with Crippen LogP contribution in [-0.2, 0) is 4.79 Å². The molecule has 5 heteroatoms. The molecule has 0 saturated heterocycles. The average molecular weight is 241 g/mol. The number of carbonyl (C=O) groups is 1. The van der Waals surface area contributed by atoms with Crippen molar-refractivity contribution in [3.05, 3.63) is 29.6 Å². The molecule has 1 amide bonds. The maximum Gasteiger partial charge on any atom is 0.223 e. The summed E-state index contributed by atoms with van der Waals surface area (Å²) in [6.45, 7) is 1.67. The summed E-state index contributed by atoms with van der Waals surface area (Å²) in [5, 5.41) is 11.7. The van der Waals surface area contributed by atoms with Crippen molar-refractivity contribution in [1.29, 1.82) is 0 Å². The molecule has 0 radical (unpaired) electrons. The number of amides is 1. The summed E-state index contributed by atoms with van der Waals surface area (Å²) in [6.07, 6.45) is -0.543. The topological polar surface area (TPSA) is 58.6 Å². The number of aliphatic hydroxyl groups is 1. The Morgan fingerprint density at radius 2 is 2.29 bits per heavy atom. The van der Waals surface area contributed by atoms with Gasteiger partial charge in [-0.2, -0.15) is 0 Å². The van der Waals surface area contributed by atoms with Crippen LogP contribution in [-0.4, -0.2) is 24.7 Å². The van der Waals surface area contributed by atoms with Gasteiger partial charge in [0.2, 0.25) is 5.91 Å². The van der Waals surface area contributed by atoms with Gasteiger partial charge in [-0.15, -0.1) is 0 Å². The molecule has 0 heterocycles. The minimum Gasteiger partial charge on any atom is -0.490 e. The summed E-state index contributed by atoms with van der Waals surface area (Å²) < 4.78 is 18.6. The molecule has 0 aliphatic carbocycles. The van der Waals surface area contributed by atoms with Crippen molar-refractivity contribution >= 4 is 5.91 Å². The number of nitrogens with one attached hydrogen (secondary N) is 1. The summed E-state index contributed by atoms with van der Waals surface area (Å²) in [6, 6.07) is 4.25. The first-order chi connectivity index (χ1) is 8.04. The number of hydrogen-bond donors (Lipinski definition) is 2. The molecule has 0 fully saturated rings. The lowest BCUT2D eigenvalue weighted by atomic mass is 10.1. The molecule has 94 valence electrons. The standard InChI is InChI=1S/C12H16FNO3/c1-8(15)9-3-4-11(10(13)7-9)17-6-5-12(16)14-2/h3-4,7-8,15H,5-6H2,1-2H3,(H,14,16). The Balaban J connectivity index is 2.57. The molecule has 0 saturated carbocycles. The summed E-state index contributed by atoms with van der Waals surface area (Å²) >= 11 is 0. The average Bonchev–Trinajstić information content (AvgIpc) is 2.30. The normalized spacial score (nSPS) is 12.0. The molecule has 1 rings (SSSR count). The highest BCUT2D eigenvalue weighted by molar-refractivity contribution is 5.75. The van der Waals surface area contributed by atoms with Crippen molar-refractivity contribution in [2.45, 2.75) is 19.4 Å². The highest BCUT2D eigenvalue weighted by Gasteiger charge is 2.08. The number of hydrogen-bond acceptors (Lipinski definition) is 3.